The molecule has 2 aromatic rings. The molecule has 0 N–H and O–H groups in total. The number of aromatic nitrogens is 1. The third-order valence-corrected chi connectivity index (χ3v) is 7.04. The average Bonchev–Trinajstić information content (AvgIpc) is 3.02. The highest BCUT2D eigenvalue weighted by Gasteiger charge is 2.54. The van der Waals surface area contributed by atoms with Crippen LogP contribution in [0.25, 0.3) is 11.1 Å². The van der Waals surface area contributed by atoms with Crippen LogP contribution in [0.5, 0.6) is 0 Å². The van der Waals surface area contributed by atoms with Gasteiger partial charge in [0, 0.05) is 12.4 Å². The Hall–Kier alpha value is -1.66. The molecule has 2 fully saturated rings. The predicted octanol–water partition coefficient (Wildman–Crippen LogP) is 3.35. The molecular formula is C23H31B2NO4. The van der Waals surface area contributed by atoms with Crippen LogP contribution >= 0.6 is 0 Å². The van der Waals surface area contributed by atoms with E-state index in [0.717, 1.165) is 22.1 Å². The SMILES string of the molecule is CC1(C)OB(c2cc(B3OC(C)(C)C(C)(C)O3)cc(-c3ccncc3)c2)OC1(C)C. The first-order valence-corrected chi connectivity index (χ1v) is 10.6. The van der Waals surface area contributed by atoms with Gasteiger partial charge in [0.25, 0.3) is 0 Å². The van der Waals surface area contributed by atoms with Crippen molar-refractivity contribution in [1.82, 2.24) is 4.98 Å². The maximum Gasteiger partial charge on any atom is 0.494 e. The van der Waals surface area contributed by atoms with Gasteiger partial charge in [-0.25, -0.2) is 0 Å². The molecule has 7 heteroatoms. The van der Waals surface area contributed by atoms with E-state index in [1.165, 1.54) is 0 Å². The van der Waals surface area contributed by atoms with Crippen molar-refractivity contribution < 1.29 is 18.6 Å². The van der Waals surface area contributed by atoms with Crippen LogP contribution in [0.2, 0.25) is 0 Å². The monoisotopic (exact) mass is 407 g/mol. The molecule has 0 unspecified atom stereocenters. The quantitative estimate of drug-likeness (QED) is 0.731. The fourth-order valence-corrected chi connectivity index (χ4v) is 3.62. The van der Waals surface area contributed by atoms with Gasteiger partial charge in [0.05, 0.1) is 22.4 Å². The first kappa shape index (κ1) is 21.6. The summed E-state index contributed by atoms with van der Waals surface area (Å²) >= 11 is 0. The molecule has 0 radical (unpaired) electrons. The molecule has 2 saturated heterocycles. The average molecular weight is 407 g/mol. The maximum absolute atomic E-state index is 6.32. The van der Waals surface area contributed by atoms with Crippen molar-refractivity contribution in [3.8, 4) is 11.1 Å². The van der Waals surface area contributed by atoms with Gasteiger partial charge in [0.2, 0.25) is 0 Å². The summed E-state index contributed by atoms with van der Waals surface area (Å²) < 4.78 is 25.3. The Morgan fingerprint density at radius 3 is 1.30 bits per heavy atom. The Kier molecular flexibility index (Phi) is 4.98. The van der Waals surface area contributed by atoms with Crippen molar-refractivity contribution >= 4 is 25.2 Å². The number of rotatable bonds is 3. The highest BCUT2D eigenvalue weighted by atomic mass is 16.7. The number of pyridine rings is 1. The second-order valence-electron chi connectivity index (χ2n) is 10.3. The lowest BCUT2D eigenvalue weighted by Gasteiger charge is -2.32. The molecule has 1 aromatic carbocycles. The van der Waals surface area contributed by atoms with Gasteiger partial charge in [-0.15, -0.1) is 0 Å². The van der Waals surface area contributed by atoms with E-state index >= 15 is 0 Å². The molecule has 30 heavy (non-hydrogen) atoms. The van der Waals surface area contributed by atoms with Crippen molar-refractivity contribution in [3.63, 3.8) is 0 Å². The molecule has 0 bridgehead atoms. The molecule has 0 aliphatic carbocycles. The van der Waals surface area contributed by atoms with Crippen LogP contribution in [-0.2, 0) is 18.6 Å². The lowest BCUT2D eigenvalue weighted by atomic mass is 9.70. The summed E-state index contributed by atoms with van der Waals surface area (Å²) in [5.41, 5.74) is 2.39. The Morgan fingerprint density at radius 1 is 0.567 bits per heavy atom. The molecule has 0 amide bonds. The lowest BCUT2D eigenvalue weighted by molar-refractivity contribution is 0.00578. The second-order valence-corrected chi connectivity index (χ2v) is 10.3. The zero-order valence-corrected chi connectivity index (χ0v) is 19.3. The first-order valence-electron chi connectivity index (χ1n) is 10.6. The number of hydrogen-bond acceptors (Lipinski definition) is 5. The van der Waals surface area contributed by atoms with Crippen LogP contribution in [0.15, 0.2) is 42.7 Å². The second kappa shape index (κ2) is 6.92. The molecule has 158 valence electrons. The highest BCUT2D eigenvalue weighted by Crippen LogP contribution is 2.38. The Bertz CT molecular complexity index is 857. The van der Waals surface area contributed by atoms with E-state index in [2.05, 4.69) is 78.6 Å². The Morgan fingerprint density at radius 2 is 0.933 bits per heavy atom. The summed E-state index contributed by atoms with van der Waals surface area (Å²) in [5.74, 6) is 0. The van der Waals surface area contributed by atoms with Crippen molar-refractivity contribution in [1.29, 1.82) is 0 Å². The van der Waals surface area contributed by atoms with Crippen molar-refractivity contribution in [2.45, 2.75) is 77.8 Å². The number of nitrogens with zero attached hydrogens (tertiary/aromatic N) is 1. The van der Waals surface area contributed by atoms with E-state index in [0.29, 0.717) is 0 Å². The minimum absolute atomic E-state index is 0.408. The number of benzene rings is 1. The minimum Gasteiger partial charge on any atom is -0.399 e. The van der Waals surface area contributed by atoms with Crippen LogP contribution in [0.1, 0.15) is 55.4 Å². The van der Waals surface area contributed by atoms with Gasteiger partial charge in [-0.1, -0.05) is 18.2 Å². The van der Waals surface area contributed by atoms with E-state index in [-0.39, 0.29) is 0 Å². The zero-order chi connectivity index (χ0) is 21.9. The summed E-state index contributed by atoms with van der Waals surface area (Å²) in [6.07, 6.45) is 3.59. The molecule has 2 aliphatic heterocycles. The molecule has 3 heterocycles. The Labute approximate surface area is 180 Å². The van der Waals surface area contributed by atoms with Gasteiger partial charge < -0.3 is 18.6 Å². The van der Waals surface area contributed by atoms with Crippen molar-refractivity contribution in [3.05, 3.63) is 42.7 Å². The van der Waals surface area contributed by atoms with E-state index in [1.54, 1.807) is 12.4 Å². The van der Waals surface area contributed by atoms with Gasteiger partial charge >= 0.3 is 14.2 Å². The summed E-state index contributed by atoms with van der Waals surface area (Å²) in [5, 5.41) is 0. The molecular weight excluding hydrogens is 376 g/mol. The smallest absolute Gasteiger partial charge is 0.399 e. The van der Waals surface area contributed by atoms with Gasteiger partial charge in [-0.3, -0.25) is 4.98 Å². The van der Waals surface area contributed by atoms with Gasteiger partial charge in [-0.2, -0.15) is 0 Å². The fourth-order valence-electron chi connectivity index (χ4n) is 3.62. The molecule has 0 atom stereocenters. The topological polar surface area (TPSA) is 49.8 Å². The predicted molar refractivity (Wildman–Crippen MR) is 121 cm³/mol. The fraction of sp³-hybridized carbons (Fsp3) is 0.522. The van der Waals surface area contributed by atoms with Crippen LogP contribution in [-0.4, -0.2) is 41.6 Å². The highest BCUT2D eigenvalue weighted by molar-refractivity contribution is 6.66. The summed E-state index contributed by atoms with van der Waals surface area (Å²) in [7, 11) is -0.920. The zero-order valence-electron chi connectivity index (χ0n) is 19.3. The standard InChI is InChI=1S/C23H31B2NO4/c1-20(2)21(3,4)28-24(27-20)18-13-17(16-9-11-26-12-10-16)14-19(15-18)25-29-22(5,6)23(7,8)30-25/h9-15H,1-8H3. The largest absolute Gasteiger partial charge is 0.494 e. The molecule has 1 aromatic heterocycles. The van der Waals surface area contributed by atoms with E-state index in [1.807, 2.05) is 12.1 Å². The van der Waals surface area contributed by atoms with Crippen molar-refractivity contribution in [2.75, 3.05) is 0 Å². The third kappa shape index (κ3) is 3.62. The van der Waals surface area contributed by atoms with Crippen LogP contribution < -0.4 is 10.9 Å². The van der Waals surface area contributed by atoms with E-state index in [9.17, 15) is 0 Å². The molecule has 4 rings (SSSR count). The first-order chi connectivity index (χ1) is 13.8. The lowest BCUT2D eigenvalue weighted by Crippen LogP contribution is -2.41. The molecule has 2 aliphatic rings. The molecule has 0 saturated carbocycles. The molecule has 0 spiro atoms. The maximum atomic E-state index is 6.32. The van der Waals surface area contributed by atoms with Crippen molar-refractivity contribution in [2.24, 2.45) is 0 Å². The third-order valence-electron chi connectivity index (χ3n) is 7.04. The molecule has 5 nitrogen and oxygen atoms in total. The van der Waals surface area contributed by atoms with Crippen LogP contribution in [0, 0.1) is 0 Å². The summed E-state index contributed by atoms with van der Waals surface area (Å²) in [4.78, 5) is 4.15. The summed E-state index contributed by atoms with van der Waals surface area (Å²) in [6.45, 7) is 16.5. The van der Waals surface area contributed by atoms with Crippen LogP contribution in [0.4, 0.5) is 0 Å². The normalized spacial score (nSPS) is 23.7. The van der Waals surface area contributed by atoms with E-state index in [4.69, 9.17) is 18.6 Å². The minimum atomic E-state index is -0.460. The summed E-state index contributed by atoms with van der Waals surface area (Å²) in [6, 6.07) is 10.3. The van der Waals surface area contributed by atoms with Gasteiger partial charge in [0.15, 0.2) is 0 Å². The van der Waals surface area contributed by atoms with Crippen LogP contribution in [0.3, 0.4) is 0 Å². The van der Waals surface area contributed by atoms with Gasteiger partial charge in [-0.05, 0) is 89.6 Å². The van der Waals surface area contributed by atoms with Gasteiger partial charge in [0.1, 0.15) is 0 Å². The van der Waals surface area contributed by atoms with E-state index < -0.39 is 36.6 Å². The number of hydrogen-bond donors (Lipinski definition) is 0. The Balaban J connectivity index is 1.77.